The molecule has 4 unspecified atom stereocenters. The van der Waals surface area contributed by atoms with Gasteiger partial charge in [0, 0.05) is 6.04 Å². The second kappa shape index (κ2) is 5.25. The fourth-order valence-corrected chi connectivity index (χ4v) is 4.48. The molecule has 1 aliphatic carbocycles. The molecule has 3 nitrogen and oxygen atoms in total. The number of nitrogens with zero attached hydrogens (tertiary/aromatic N) is 1. The van der Waals surface area contributed by atoms with Crippen LogP contribution in [0.15, 0.2) is 16.8 Å². The average Bonchev–Trinajstić information content (AvgIpc) is 3.09. The van der Waals surface area contributed by atoms with Gasteiger partial charge in [-0.05, 0) is 47.1 Å². The highest BCUT2D eigenvalue weighted by Gasteiger charge is 2.43. The van der Waals surface area contributed by atoms with Crippen LogP contribution in [0.3, 0.4) is 0 Å². The molecule has 0 radical (unpaired) electrons. The lowest BCUT2D eigenvalue weighted by Gasteiger charge is -2.33. The summed E-state index contributed by atoms with van der Waals surface area (Å²) < 4.78 is 0. The summed E-state index contributed by atoms with van der Waals surface area (Å²) in [5, 5.41) is 7.61. The molecule has 4 atom stereocenters. The Balaban J connectivity index is 1.83. The highest BCUT2D eigenvalue weighted by Crippen LogP contribution is 2.40. The van der Waals surface area contributed by atoms with Crippen molar-refractivity contribution < 1.29 is 4.79 Å². The van der Waals surface area contributed by atoms with E-state index < -0.39 is 0 Å². The Morgan fingerprint density at radius 1 is 1.47 bits per heavy atom. The van der Waals surface area contributed by atoms with E-state index in [1.807, 2.05) is 0 Å². The van der Waals surface area contributed by atoms with Gasteiger partial charge in [0.2, 0.25) is 5.91 Å². The maximum Gasteiger partial charge on any atom is 0.238 e. The molecule has 1 saturated heterocycles. The Kier molecular flexibility index (Phi) is 3.63. The summed E-state index contributed by atoms with van der Waals surface area (Å²) >= 11 is 1.70. The molecule has 0 aromatic carbocycles. The van der Waals surface area contributed by atoms with Gasteiger partial charge in [0.1, 0.15) is 6.17 Å². The standard InChI is InChI=1S/C15H22N2OS/c1-3-11-4-5-13(10(11)2)17-14(18)8-16-15(17)12-6-7-19-9-12/h6-7,9-11,13,15-16H,3-5,8H2,1-2H3. The quantitative estimate of drug-likeness (QED) is 0.922. The molecule has 1 amide bonds. The third-order valence-electron chi connectivity index (χ3n) is 4.94. The van der Waals surface area contributed by atoms with Crippen LogP contribution in [0, 0.1) is 11.8 Å². The molecule has 1 aliphatic heterocycles. The zero-order chi connectivity index (χ0) is 13.4. The first kappa shape index (κ1) is 13.1. The predicted octanol–water partition coefficient (Wildman–Crippen LogP) is 3.00. The van der Waals surface area contributed by atoms with Gasteiger partial charge in [-0.1, -0.05) is 20.3 Å². The van der Waals surface area contributed by atoms with Crippen LogP contribution in [0.2, 0.25) is 0 Å². The minimum Gasteiger partial charge on any atom is -0.319 e. The lowest BCUT2D eigenvalue weighted by Crippen LogP contribution is -2.41. The number of thiophene rings is 1. The molecular formula is C15H22N2OS. The summed E-state index contributed by atoms with van der Waals surface area (Å²) in [5.41, 5.74) is 1.24. The molecule has 0 spiro atoms. The van der Waals surface area contributed by atoms with E-state index in [0.29, 0.717) is 18.5 Å². The molecule has 19 heavy (non-hydrogen) atoms. The monoisotopic (exact) mass is 278 g/mol. The van der Waals surface area contributed by atoms with Crippen molar-refractivity contribution in [1.82, 2.24) is 10.2 Å². The van der Waals surface area contributed by atoms with Gasteiger partial charge in [-0.3, -0.25) is 10.1 Å². The number of carbonyl (C=O) groups excluding carboxylic acids is 1. The van der Waals surface area contributed by atoms with E-state index in [-0.39, 0.29) is 12.1 Å². The molecule has 2 aliphatic rings. The van der Waals surface area contributed by atoms with Gasteiger partial charge in [-0.2, -0.15) is 11.3 Å². The van der Waals surface area contributed by atoms with Crippen molar-refractivity contribution in [3.8, 4) is 0 Å². The molecule has 2 heterocycles. The molecule has 3 rings (SSSR count). The fraction of sp³-hybridized carbons (Fsp3) is 0.667. The molecule has 0 bridgehead atoms. The van der Waals surface area contributed by atoms with Crippen molar-refractivity contribution in [2.24, 2.45) is 11.8 Å². The highest BCUT2D eigenvalue weighted by atomic mass is 32.1. The number of amides is 1. The molecule has 2 fully saturated rings. The Morgan fingerprint density at radius 3 is 2.95 bits per heavy atom. The van der Waals surface area contributed by atoms with Crippen LogP contribution in [0.25, 0.3) is 0 Å². The SMILES string of the molecule is CCC1CCC(N2C(=O)CNC2c2ccsc2)C1C. The normalized spacial score (nSPS) is 35.3. The summed E-state index contributed by atoms with van der Waals surface area (Å²) in [6.45, 7) is 5.08. The molecule has 104 valence electrons. The van der Waals surface area contributed by atoms with Crippen LogP contribution >= 0.6 is 11.3 Å². The van der Waals surface area contributed by atoms with Crippen molar-refractivity contribution in [2.75, 3.05) is 6.54 Å². The largest absolute Gasteiger partial charge is 0.319 e. The zero-order valence-corrected chi connectivity index (χ0v) is 12.5. The average molecular weight is 278 g/mol. The lowest BCUT2D eigenvalue weighted by molar-refractivity contribution is -0.131. The maximum atomic E-state index is 12.3. The van der Waals surface area contributed by atoms with E-state index in [4.69, 9.17) is 0 Å². The van der Waals surface area contributed by atoms with Crippen molar-refractivity contribution in [2.45, 2.75) is 45.3 Å². The molecule has 4 heteroatoms. The first-order valence-corrected chi connectivity index (χ1v) is 8.23. The van der Waals surface area contributed by atoms with Gasteiger partial charge >= 0.3 is 0 Å². The summed E-state index contributed by atoms with van der Waals surface area (Å²) in [6.07, 6.45) is 3.76. The van der Waals surface area contributed by atoms with Gasteiger partial charge in [-0.25, -0.2) is 0 Å². The Labute approximate surface area is 119 Å². The Morgan fingerprint density at radius 2 is 2.32 bits per heavy atom. The summed E-state index contributed by atoms with van der Waals surface area (Å²) in [7, 11) is 0. The van der Waals surface area contributed by atoms with Gasteiger partial charge in [0.25, 0.3) is 0 Å². The van der Waals surface area contributed by atoms with E-state index in [9.17, 15) is 4.79 Å². The molecular weight excluding hydrogens is 256 g/mol. The third-order valence-corrected chi connectivity index (χ3v) is 5.64. The number of carbonyl (C=O) groups is 1. The first-order valence-electron chi connectivity index (χ1n) is 7.29. The highest BCUT2D eigenvalue weighted by molar-refractivity contribution is 7.07. The van der Waals surface area contributed by atoms with Crippen molar-refractivity contribution in [3.63, 3.8) is 0 Å². The van der Waals surface area contributed by atoms with E-state index in [0.717, 1.165) is 12.3 Å². The Bertz CT molecular complexity index is 445. The van der Waals surface area contributed by atoms with Crippen molar-refractivity contribution in [3.05, 3.63) is 22.4 Å². The second-order valence-electron chi connectivity index (χ2n) is 5.81. The zero-order valence-electron chi connectivity index (χ0n) is 11.6. The van der Waals surface area contributed by atoms with Crippen LogP contribution in [-0.4, -0.2) is 23.4 Å². The maximum absolute atomic E-state index is 12.3. The van der Waals surface area contributed by atoms with Gasteiger partial charge in [0.05, 0.1) is 6.54 Å². The van der Waals surface area contributed by atoms with E-state index >= 15 is 0 Å². The molecule has 1 aromatic heterocycles. The van der Waals surface area contributed by atoms with E-state index in [1.165, 1.54) is 18.4 Å². The number of nitrogens with one attached hydrogen (secondary N) is 1. The molecule has 1 aromatic rings. The summed E-state index contributed by atoms with van der Waals surface area (Å²) in [5.74, 6) is 1.67. The van der Waals surface area contributed by atoms with Gasteiger partial charge < -0.3 is 4.90 Å². The van der Waals surface area contributed by atoms with Crippen LogP contribution in [-0.2, 0) is 4.79 Å². The number of hydrogen-bond acceptors (Lipinski definition) is 3. The number of hydrogen-bond donors (Lipinski definition) is 1. The first-order chi connectivity index (χ1) is 9.22. The van der Waals surface area contributed by atoms with Crippen LogP contribution < -0.4 is 5.32 Å². The lowest BCUT2D eigenvalue weighted by atomic mass is 9.92. The summed E-state index contributed by atoms with van der Waals surface area (Å²) in [6, 6.07) is 2.54. The van der Waals surface area contributed by atoms with E-state index in [1.54, 1.807) is 11.3 Å². The van der Waals surface area contributed by atoms with Crippen LogP contribution in [0.4, 0.5) is 0 Å². The third kappa shape index (κ3) is 2.21. The summed E-state index contributed by atoms with van der Waals surface area (Å²) in [4.78, 5) is 14.4. The minimum absolute atomic E-state index is 0.0989. The topological polar surface area (TPSA) is 32.3 Å². The molecule has 1 N–H and O–H groups in total. The smallest absolute Gasteiger partial charge is 0.238 e. The van der Waals surface area contributed by atoms with Gasteiger partial charge in [0.15, 0.2) is 0 Å². The van der Waals surface area contributed by atoms with E-state index in [2.05, 4.69) is 40.9 Å². The minimum atomic E-state index is 0.0989. The second-order valence-corrected chi connectivity index (χ2v) is 6.59. The predicted molar refractivity (Wildman–Crippen MR) is 77.9 cm³/mol. The molecule has 1 saturated carbocycles. The van der Waals surface area contributed by atoms with Crippen molar-refractivity contribution in [1.29, 1.82) is 0 Å². The van der Waals surface area contributed by atoms with Crippen molar-refractivity contribution >= 4 is 17.2 Å². The van der Waals surface area contributed by atoms with Crippen LogP contribution in [0.1, 0.15) is 44.8 Å². The van der Waals surface area contributed by atoms with Gasteiger partial charge in [-0.15, -0.1) is 0 Å². The fourth-order valence-electron chi connectivity index (χ4n) is 3.80. The van der Waals surface area contributed by atoms with Crippen LogP contribution in [0.5, 0.6) is 0 Å². The Hall–Kier alpha value is -0.870. The number of rotatable bonds is 3.